The Balaban J connectivity index is 2.90. The minimum absolute atomic E-state index is 0.0372. The lowest BCUT2D eigenvalue weighted by Crippen LogP contribution is -2.46. The summed E-state index contributed by atoms with van der Waals surface area (Å²) in [6, 6.07) is 4.18. The van der Waals surface area contributed by atoms with Crippen LogP contribution in [0.3, 0.4) is 0 Å². The zero-order chi connectivity index (χ0) is 15.5. The molecule has 6 heteroatoms. The summed E-state index contributed by atoms with van der Waals surface area (Å²) in [5.74, 6) is -1.39. The van der Waals surface area contributed by atoms with E-state index in [1.165, 1.54) is 18.2 Å². The molecular formula is C14H18ClNO4. The molecular weight excluding hydrogens is 282 g/mol. The van der Waals surface area contributed by atoms with Crippen LogP contribution in [0.25, 0.3) is 0 Å². The lowest BCUT2D eigenvalue weighted by molar-refractivity contribution is -0.128. The van der Waals surface area contributed by atoms with Crippen molar-refractivity contribution in [1.29, 1.82) is 0 Å². The number of halogens is 1. The first-order chi connectivity index (χ1) is 9.10. The van der Waals surface area contributed by atoms with Crippen LogP contribution in [-0.2, 0) is 4.79 Å². The van der Waals surface area contributed by atoms with Gasteiger partial charge in [-0.05, 0) is 45.9 Å². The molecule has 0 spiro atoms. The number of hydrogen-bond donors (Lipinski definition) is 2. The zero-order valence-electron chi connectivity index (χ0n) is 11.9. The molecule has 20 heavy (non-hydrogen) atoms. The van der Waals surface area contributed by atoms with Crippen LogP contribution in [0, 0.1) is 0 Å². The van der Waals surface area contributed by atoms with Crippen LogP contribution in [0.1, 0.15) is 38.1 Å². The summed E-state index contributed by atoms with van der Waals surface area (Å²) in [7, 11) is 0. The summed E-state index contributed by atoms with van der Waals surface area (Å²) < 4.78 is 5.42. The van der Waals surface area contributed by atoms with E-state index in [0.717, 1.165) is 0 Å². The van der Waals surface area contributed by atoms with E-state index in [2.05, 4.69) is 5.32 Å². The normalized spacial score (nSPS) is 12.7. The van der Waals surface area contributed by atoms with Crippen LogP contribution >= 0.6 is 11.6 Å². The molecule has 1 amide bonds. The van der Waals surface area contributed by atoms with Crippen LogP contribution in [0.15, 0.2) is 18.2 Å². The summed E-state index contributed by atoms with van der Waals surface area (Å²) >= 11 is 5.82. The summed E-state index contributed by atoms with van der Waals surface area (Å²) in [5, 5.41) is 12.2. The lowest BCUT2D eigenvalue weighted by atomic mass is 10.1. The topological polar surface area (TPSA) is 75.6 Å². The summed E-state index contributed by atoms with van der Waals surface area (Å²) in [6.45, 7) is 7.09. The third kappa shape index (κ3) is 4.74. The Bertz CT molecular complexity index is 522. The van der Waals surface area contributed by atoms with E-state index in [4.69, 9.17) is 21.4 Å². The third-order valence-corrected chi connectivity index (χ3v) is 2.58. The highest BCUT2D eigenvalue weighted by Gasteiger charge is 2.22. The molecule has 1 atom stereocenters. The van der Waals surface area contributed by atoms with Crippen LogP contribution in [0.2, 0.25) is 5.02 Å². The van der Waals surface area contributed by atoms with Gasteiger partial charge in [0.25, 0.3) is 5.91 Å². The molecule has 0 aromatic heterocycles. The second-order valence-electron chi connectivity index (χ2n) is 5.44. The van der Waals surface area contributed by atoms with Gasteiger partial charge in [-0.15, -0.1) is 0 Å². The second-order valence-corrected chi connectivity index (χ2v) is 5.88. The molecule has 0 fully saturated rings. The Morgan fingerprint density at radius 2 is 1.95 bits per heavy atom. The van der Waals surface area contributed by atoms with Gasteiger partial charge in [-0.25, -0.2) is 4.79 Å². The van der Waals surface area contributed by atoms with E-state index in [1.807, 2.05) is 20.8 Å². The number of rotatable bonds is 4. The van der Waals surface area contributed by atoms with Crippen molar-refractivity contribution in [3.8, 4) is 5.75 Å². The fraction of sp³-hybridized carbons (Fsp3) is 0.429. The van der Waals surface area contributed by atoms with Gasteiger partial charge in [-0.3, -0.25) is 4.79 Å². The van der Waals surface area contributed by atoms with Crippen molar-refractivity contribution < 1.29 is 19.4 Å². The SMILES string of the molecule is CC(Oc1cc(Cl)ccc1C(=O)O)C(=O)NC(C)(C)C. The van der Waals surface area contributed by atoms with E-state index >= 15 is 0 Å². The van der Waals surface area contributed by atoms with Gasteiger partial charge in [0.05, 0.1) is 0 Å². The molecule has 5 nitrogen and oxygen atoms in total. The lowest BCUT2D eigenvalue weighted by Gasteiger charge is -2.24. The number of ether oxygens (including phenoxy) is 1. The van der Waals surface area contributed by atoms with Gasteiger partial charge in [0, 0.05) is 10.6 Å². The van der Waals surface area contributed by atoms with Crippen molar-refractivity contribution in [2.75, 3.05) is 0 Å². The first-order valence-electron chi connectivity index (χ1n) is 6.11. The molecule has 0 aliphatic carbocycles. The average Bonchev–Trinajstić information content (AvgIpc) is 2.26. The zero-order valence-corrected chi connectivity index (χ0v) is 12.6. The third-order valence-electron chi connectivity index (χ3n) is 2.35. The van der Waals surface area contributed by atoms with Crippen molar-refractivity contribution in [1.82, 2.24) is 5.32 Å². The van der Waals surface area contributed by atoms with Gasteiger partial charge in [0.15, 0.2) is 6.10 Å². The van der Waals surface area contributed by atoms with E-state index in [0.29, 0.717) is 5.02 Å². The Labute approximate surface area is 122 Å². The number of nitrogens with one attached hydrogen (secondary N) is 1. The monoisotopic (exact) mass is 299 g/mol. The highest BCUT2D eigenvalue weighted by Crippen LogP contribution is 2.24. The van der Waals surface area contributed by atoms with Gasteiger partial charge in [0.1, 0.15) is 11.3 Å². The van der Waals surface area contributed by atoms with E-state index < -0.39 is 17.6 Å². The summed E-state index contributed by atoms with van der Waals surface area (Å²) in [5.41, 5.74) is -0.427. The van der Waals surface area contributed by atoms with Crippen molar-refractivity contribution >= 4 is 23.5 Å². The Hall–Kier alpha value is -1.75. The van der Waals surface area contributed by atoms with E-state index in [-0.39, 0.29) is 17.2 Å². The van der Waals surface area contributed by atoms with Crippen LogP contribution < -0.4 is 10.1 Å². The number of hydrogen-bond acceptors (Lipinski definition) is 3. The molecule has 2 N–H and O–H groups in total. The largest absolute Gasteiger partial charge is 0.480 e. The summed E-state index contributed by atoms with van der Waals surface area (Å²) in [6.07, 6.45) is -0.828. The molecule has 1 rings (SSSR count). The highest BCUT2D eigenvalue weighted by atomic mass is 35.5. The smallest absolute Gasteiger partial charge is 0.339 e. The maximum Gasteiger partial charge on any atom is 0.339 e. The number of carbonyl (C=O) groups is 2. The molecule has 0 saturated carbocycles. The van der Waals surface area contributed by atoms with Gasteiger partial charge in [-0.2, -0.15) is 0 Å². The predicted octanol–water partition coefficient (Wildman–Crippen LogP) is 2.72. The predicted molar refractivity (Wildman–Crippen MR) is 76.4 cm³/mol. The quantitative estimate of drug-likeness (QED) is 0.896. The van der Waals surface area contributed by atoms with Crippen LogP contribution in [0.4, 0.5) is 0 Å². The molecule has 0 aliphatic rings. The maximum absolute atomic E-state index is 11.9. The number of amides is 1. The second kappa shape index (κ2) is 6.13. The Morgan fingerprint density at radius 3 is 2.45 bits per heavy atom. The molecule has 0 radical (unpaired) electrons. The van der Waals surface area contributed by atoms with Crippen LogP contribution in [0.5, 0.6) is 5.75 Å². The van der Waals surface area contributed by atoms with Gasteiger partial charge < -0.3 is 15.2 Å². The molecule has 110 valence electrons. The van der Waals surface area contributed by atoms with Crippen molar-refractivity contribution in [2.24, 2.45) is 0 Å². The average molecular weight is 300 g/mol. The first kappa shape index (κ1) is 16.3. The van der Waals surface area contributed by atoms with Crippen molar-refractivity contribution in [3.63, 3.8) is 0 Å². The summed E-state index contributed by atoms with van der Waals surface area (Å²) in [4.78, 5) is 23.0. The van der Waals surface area contributed by atoms with Crippen molar-refractivity contribution in [2.45, 2.75) is 39.3 Å². The standard InChI is InChI=1S/C14H18ClNO4/c1-8(12(17)16-14(2,3)4)20-11-7-9(15)5-6-10(11)13(18)19/h5-8H,1-4H3,(H,16,17)(H,18,19). The molecule has 0 saturated heterocycles. The molecule has 0 bridgehead atoms. The van der Waals surface area contributed by atoms with Gasteiger partial charge >= 0.3 is 5.97 Å². The number of carboxylic acids is 1. The van der Waals surface area contributed by atoms with Gasteiger partial charge in [-0.1, -0.05) is 11.6 Å². The highest BCUT2D eigenvalue weighted by molar-refractivity contribution is 6.30. The van der Waals surface area contributed by atoms with E-state index in [1.54, 1.807) is 6.92 Å². The minimum Gasteiger partial charge on any atom is -0.480 e. The first-order valence-corrected chi connectivity index (χ1v) is 6.49. The van der Waals surface area contributed by atoms with Crippen molar-refractivity contribution in [3.05, 3.63) is 28.8 Å². The number of aromatic carboxylic acids is 1. The fourth-order valence-corrected chi connectivity index (χ4v) is 1.65. The number of carbonyl (C=O) groups excluding carboxylic acids is 1. The molecule has 0 heterocycles. The van der Waals surface area contributed by atoms with Gasteiger partial charge in [0.2, 0.25) is 0 Å². The molecule has 0 aliphatic heterocycles. The molecule has 1 unspecified atom stereocenters. The molecule has 1 aromatic carbocycles. The number of benzene rings is 1. The molecule has 1 aromatic rings. The van der Waals surface area contributed by atoms with E-state index in [9.17, 15) is 9.59 Å². The maximum atomic E-state index is 11.9. The minimum atomic E-state index is -1.14. The number of carboxylic acid groups (broad SMARTS) is 1. The Morgan fingerprint density at radius 1 is 1.35 bits per heavy atom. The van der Waals surface area contributed by atoms with Crippen LogP contribution in [-0.4, -0.2) is 28.6 Å². The fourth-order valence-electron chi connectivity index (χ4n) is 1.49. The Kier molecular flexibility index (Phi) is 5.00.